The van der Waals surface area contributed by atoms with Crippen LogP contribution in [0.4, 0.5) is 0 Å². The number of aliphatic hydroxyl groups is 1. The molecule has 1 aromatic heterocycles. The third-order valence-corrected chi connectivity index (χ3v) is 8.06. The number of amides is 3. The molecule has 4 heterocycles. The summed E-state index contributed by atoms with van der Waals surface area (Å²) in [5, 5.41) is 23.0. The molecule has 34 heavy (non-hydrogen) atoms. The first-order chi connectivity index (χ1) is 16.4. The Morgan fingerprint density at radius 1 is 1.29 bits per heavy atom. The van der Waals surface area contributed by atoms with E-state index in [9.17, 15) is 19.5 Å². The SMILES string of the molecule is CNC(=O)[C@H]1[C@H]2C(=O)N(CCCCO)C(C(=O)NCn3nnc4ccccc43)C23CC(Br)[C@@H]1O3. The predicted molar refractivity (Wildman–Crippen MR) is 123 cm³/mol. The van der Waals surface area contributed by atoms with Gasteiger partial charge >= 0.3 is 0 Å². The van der Waals surface area contributed by atoms with Crippen LogP contribution in [0, 0.1) is 11.8 Å². The van der Waals surface area contributed by atoms with Gasteiger partial charge in [0, 0.05) is 25.0 Å². The van der Waals surface area contributed by atoms with Gasteiger partial charge in [-0.15, -0.1) is 5.10 Å². The number of halogens is 1. The van der Waals surface area contributed by atoms with E-state index in [0.29, 0.717) is 31.3 Å². The van der Waals surface area contributed by atoms with Crippen LogP contribution < -0.4 is 10.6 Å². The normalized spacial score (nSPS) is 31.8. The smallest absolute Gasteiger partial charge is 0.247 e. The van der Waals surface area contributed by atoms with Crippen molar-refractivity contribution in [2.45, 2.75) is 48.5 Å². The van der Waals surface area contributed by atoms with Gasteiger partial charge in [-0.05, 0) is 31.4 Å². The molecule has 3 unspecified atom stereocenters. The highest BCUT2D eigenvalue weighted by atomic mass is 79.9. The minimum absolute atomic E-state index is 0.00421. The zero-order valence-corrected chi connectivity index (χ0v) is 20.3. The number of alkyl halides is 1. The number of benzene rings is 1. The molecule has 2 aromatic rings. The molecule has 0 radical (unpaired) electrons. The van der Waals surface area contributed by atoms with Crippen LogP contribution in [-0.4, -0.2) is 85.5 Å². The summed E-state index contributed by atoms with van der Waals surface area (Å²) in [6, 6.07) is 6.54. The third-order valence-electron chi connectivity index (χ3n) is 7.22. The number of hydrogen-bond donors (Lipinski definition) is 3. The molecule has 3 aliphatic rings. The lowest BCUT2D eigenvalue weighted by molar-refractivity contribution is -0.142. The molecule has 3 amide bonds. The fourth-order valence-corrected chi connectivity index (χ4v) is 6.76. The maximum absolute atomic E-state index is 13.6. The molecule has 3 aliphatic heterocycles. The molecule has 1 aromatic carbocycles. The topological polar surface area (TPSA) is 139 Å². The van der Waals surface area contributed by atoms with Crippen molar-refractivity contribution in [1.29, 1.82) is 0 Å². The zero-order chi connectivity index (χ0) is 24.0. The average molecular weight is 535 g/mol. The van der Waals surface area contributed by atoms with Gasteiger partial charge in [0.2, 0.25) is 17.7 Å². The highest BCUT2D eigenvalue weighted by Crippen LogP contribution is 2.59. The van der Waals surface area contributed by atoms with E-state index in [1.54, 1.807) is 4.68 Å². The number of aliphatic hydroxyl groups excluding tert-OH is 1. The Hall–Kier alpha value is -2.57. The maximum atomic E-state index is 13.6. The van der Waals surface area contributed by atoms with Gasteiger partial charge in [-0.2, -0.15) is 0 Å². The molecule has 11 nitrogen and oxygen atoms in total. The number of nitrogens with one attached hydrogen (secondary N) is 2. The number of carbonyl (C=O) groups excluding carboxylic acids is 3. The average Bonchev–Trinajstić information content (AvgIpc) is 3.55. The molecular weight excluding hydrogens is 508 g/mol. The number of carbonyl (C=O) groups is 3. The van der Waals surface area contributed by atoms with Crippen LogP contribution in [0.2, 0.25) is 0 Å². The quantitative estimate of drug-likeness (QED) is 0.314. The van der Waals surface area contributed by atoms with Crippen LogP contribution in [0.15, 0.2) is 24.3 Å². The van der Waals surface area contributed by atoms with Gasteiger partial charge in [-0.1, -0.05) is 33.3 Å². The Morgan fingerprint density at radius 2 is 2.09 bits per heavy atom. The number of aromatic nitrogens is 3. The van der Waals surface area contributed by atoms with E-state index in [-0.39, 0.29) is 35.8 Å². The van der Waals surface area contributed by atoms with E-state index >= 15 is 0 Å². The molecule has 2 bridgehead atoms. The van der Waals surface area contributed by atoms with Crippen LogP contribution in [0.1, 0.15) is 19.3 Å². The van der Waals surface area contributed by atoms with Crippen molar-refractivity contribution in [3.63, 3.8) is 0 Å². The molecule has 0 aliphatic carbocycles. The summed E-state index contributed by atoms with van der Waals surface area (Å²) in [5.41, 5.74) is 0.394. The van der Waals surface area contributed by atoms with Crippen LogP contribution >= 0.6 is 15.9 Å². The summed E-state index contributed by atoms with van der Waals surface area (Å²) < 4.78 is 7.95. The van der Waals surface area contributed by atoms with E-state index in [4.69, 9.17) is 4.74 Å². The molecular formula is C22H27BrN6O5. The Balaban J connectivity index is 1.44. The summed E-state index contributed by atoms with van der Waals surface area (Å²) >= 11 is 3.62. The number of hydrogen-bond acceptors (Lipinski definition) is 7. The minimum atomic E-state index is -1.10. The maximum Gasteiger partial charge on any atom is 0.247 e. The molecule has 6 atom stereocenters. The standard InChI is InChI=1S/C22H27BrN6O5/c1-24-19(31)15-16-21(33)28(8-4-5-9-30)18(22(16)10-12(23)17(15)34-22)20(32)25-11-29-14-7-3-2-6-13(14)26-27-29/h2-3,6-7,12,15-18,30H,4-5,8-11H2,1H3,(H,24,31)(H,25,32)/t12?,15-,16-,17-,18?,22?/m0/s1. The zero-order valence-electron chi connectivity index (χ0n) is 18.7. The number of fused-ring (bicyclic) bond motifs is 2. The van der Waals surface area contributed by atoms with Gasteiger partial charge in [0.15, 0.2) is 0 Å². The summed E-state index contributed by atoms with van der Waals surface area (Å²) in [6.07, 6.45) is 1.00. The van der Waals surface area contributed by atoms with Crippen molar-refractivity contribution in [3.8, 4) is 0 Å². The van der Waals surface area contributed by atoms with Crippen molar-refractivity contribution in [1.82, 2.24) is 30.5 Å². The lowest BCUT2D eigenvalue weighted by atomic mass is 9.70. The van der Waals surface area contributed by atoms with E-state index in [1.807, 2.05) is 24.3 Å². The largest absolute Gasteiger partial charge is 0.396 e. The second kappa shape index (κ2) is 8.90. The Morgan fingerprint density at radius 3 is 2.85 bits per heavy atom. The molecule has 3 fully saturated rings. The molecule has 3 N–H and O–H groups in total. The van der Waals surface area contributed by atoms with Crippen molar-refractivity contribution >= 4 is 44.7 Å². The molecule has 1 spiro atoms. The minimum Gasteiger partial charge on any atom is -0.396 e. The van der Waals surface area contributed by atoms with Crippen molar-refractivity contribution in [2.24, 2.45) is 11.8 Å². The molecule has 182 valence electrons. The summed E-state index contributed by atoms with van der Waals surface area (Å²) in [6.45, 7) is 0.370. The summed E-state index contributed by atoms with van der Waals surface area (Å²) in [7, 11) is 1.54. The van der Waals surface area contributed by atoms with E-state index in [2.05, 4.69) is 36.9 Å². The summed E-state index contributed by atoms with van der Waals surface area (Å²) in [4.78, 5) is 41.4. The lowest BCUT2D eigenvalue weighted by Gasteiger charge is -2.34. The molecule has 3 saturated heterocycles. The first-order valence-electron chi connectivity index (χ1n) is 11.4. The number of nitrogens with zero attached hydrogens (tertiary/aromatic N) is 4. The number of likely N-dealkylation sites (tertiary alicyclic amines) is 1. The Labute approximate surface area is 204 Å². The van der Waals surface area contributed by atoms with Gasteiger partial charge in [-0.3, -0.25) is 14.4 Å². The third kappa shape index (κ3) is 3.42. The van der Waals surface area contributed by atoms with Crippen LogP contribution in [0.25, 0.3) is 11.0 Å². The number of para-hydroxylation sites is 1. The van der Waals surface area contributed by atoms with Crippen molar-refractivity contribution in [3.05, 3.63) is 24.3 Å². The monoisotopic (exact) mass is 534 g/mol. The van der Waals surface area contributed by atoms with Gasteiger partial charge in [0.25, 0.3) is 0 Å². The number of unbranched alkanes of at least 4 members (excludes halogenated alkanes) is 1. The van der Waals surface area contributed by atoms with Crippen LogP contribution in [-0.2, 0) is 25.8 Å². The molecule has 12 heteroatoms. The highest BCUT2D eigenvalue weighted by Gasteiger charge is 2.76. The highest BCUT2D eigenvalue weighted by molar-refractivity contribution is 9.09. The predicted octanol–water partition coefficient (Wildman–Crippen LogP) is -0.228. The Bertz CT molecular complexity index is 1130. The Kier molecular flexibility index (Phi) is 6.07. The van der Waals surface area contributed by atoms with Crippen LogP contribution in [0.3, 0.4) is 0 Å². The number of rotatable bonds is 8. The van der Waals surface area contributed by atoms with Gasteiger partial charge in [-0.25, -0.2) is 4.68 Å². The fourth-order valence-electron chi connectivity index (χ4n) is 5.81. The summed E-state index contributed by atoms with van der Waals surface area (Å²) in [5.74, 6) is -2.28. The second-order valence-corrected chi connectivity index (χ2v) is 10.2. The van der Waals surface area contributed by atoms with Crippen molar-refractivity contribution in [2.75, 3.05) is 20.2 Å². The number of ether oxygens (including phenoxy) is 1. The first kappa shape index (κ1) is 23.2. The van der Waals surface area contributed by atoms with Gasteiger partial charge < -0.3 is 25.4 Å². The van der Waals surface area contributed by atoms with E-state index in [1.165, 1.54) is 11.9 Å². The fraction of sp³-hybridized carbons (Fsp3) is 0.591. The second-order valence-electron chi connectivity index (χ2n) is 9.02. The lowest BCUT2D eigenvalue weighted by Crippen LogP contribution is -2.56. The van der Waals surface area contributed by atoms with Crippen molar-refractivity contribution < 1.29 is 24.2 Å². The molecule has 0 saturated carbocycles. The van der Waals surface area contributed by atoms with E-state index in [0.717, 1.165) is 5.52 Å². The molecule has 5 rings (SSSR count). The van der Waals surface area contributed by atoms with E-state index < -0.39 is 29.6 Å². The first-order valence-corrected chi connectivity index (χ1v) is 12.3. The van der Waals surface area contributed by atoms with Gasteiger partial charge in [0.05, 0.1) is 23.5 Å². The van der Waals surface area contributed by atoms with Crippen LogP contribution in [0.5, 0.6) is 0 Å². The van der Waals surface area contributed by atoms with Gasteiger partial charge in [0.1, 0.15) is 23.8 Å².